The summed E-state index contributed by atoms with van der Waals surface area (Å²) in [5.74, 6) is 0. The average Bonchev–Trinajstić information content (AvgIpc) is 2.59. The van der Waals surface area contributed by atoms with Crippen molar-refractivity contribution in [3.63, 3.8) is 0 Å². The van der Waals surface area contributed by atoms with Gasteiger partial charge in [0.15, 0.2) is 0 Å². The highest BCUT2D eigenvalue weighted by atomic mass is 35.5. The lowest BCUT2D eigenvalue weighted by Gasteiger charge is -2.15. The Bertz CT molecular complexity index is 403. The van der Waals surface area contributed by atoms with Gasteiger partial charge in [-0.05, 0) is 36.1 Å². The van der Waals surface area contributed by atoms with Gasteiger partial charge in [0.2, 0.25) is 0 Å². The van der Waals surface area contributed by atoms with E-state index in [0.29, 0.717) is 5.02 Å². The SMILES string of the molecule is FC(F)(F)CCNC1CCc2cc(Cl)ccc21. The smallest absolute Gasteiger partial charge is 0.310 e. The van der Waals surface area contributed by atoms with Gasteiger partial charge in [-0.25, -0.2) is 0 Å². The van der Waals surface area contributed by atoms with E-state index < -0.39 is 12.6 Å². The van der Waals surface area contributed by atoms with Gasteiger partial charge >= 0.3 is 6.18 Å². The van der Waals surface area contributed by atoms with Crippen molar-refractivity contribution in [1.82, 2.24) is 5.32 Å². The van der Waals surface area contributed by atoms with Crippen LogP contribution in [0.25, 0.3) is 0 Å². The maximum atomic E-state index is 12.0. The normalized spacial score (nSPS) is 19.4. The molecule has 0 saturated heterocycles. The van der Waals surface area contributed by atoms with Crippen molar-refractivity contribution in [2.75, 3.05) is 6.54 Å². The number of halogens is 4. The first-order valence-electron chi connectivity index (χ1n) is 5.54. The summed E-state index contributed by atoms with van der Waals surface area (Å²) in [5, 5.41) is 3.63. The van der Waals surface area contributed by atoms with Crippen LogP contribution in [0.2, 0.25) is 5.02 Å². The van der Waals surface area contributed by atoms with Gasteiger partial charge in [-0.2, -0.15) is 13.2 Å². The molecule has 2 rings (SSSR count). The van der Waals surface area contributed by atoms with Crippen molar-refractivity contribution in [2.24, 2.45) is 0 Å². The zero-order chi connectivity index (χ0) is 12.5. The fourth-order valence-corrected chi connectivity index (χ4v) is 2.38. The first-order chi connectivity index (χ1) is 7.96. The lowest BCUT2D eigenvalue weighted by molar-refractivity contribution is -0.133. The van der Waals surface area contributed by atoms with Gasteiger partial charge in [0.25, 0.3) is 0 Å². The summed E-state index contributed by atoms with van der Waals surface area (Å²) in [6.07, 6.45) is -3.16. The molecular weight excluding hydrogens is 251 g/mol. The monoisotopic (exact) mass is 263 g/mol. The Morgan fingerprint density at radius 2 is 2.12 bits per heavy atom. The maximum absolute atomic E-state index is 12.0. The zero-order valence-electron chi connectivity index (χ0n) is 9.15. The molecule has 1 aliphatic rings. The van der Waals surface area contributed by atoms with E-state index in [0.717, 1.165) is 24.0 Å². The second-order valence-corrected chi connectivity index (χ2v) is 4.69. The van der Waals surface area contributed by atoms with Crippen LogP contribution in [-0.4, -0.2) is 12.7 Å². The van der Waals surface area contributed by atoms with Crippen LogP contribution in [0.4, 0.5) is 13.2 Å². The molecule has 0 amide bonds. The molecule has 0 aromatic heterocycles. The van der Waals surface area contributed by atoms with Crippen LogP contribution in [0.5, 0.6) is 0 Å². The molecule has 1 N–H and O–H groups in total. The second-order valence-electron chi connectivity index (χ2n) is 4.25. The van der Waals surface area contributed by atoms with E-state index in [4.69, 9.17) is 11.6 Å². The molecule has 0 radical (unpaired) electrons. The predicted molar refractivity (Wildman–Crippen MR) is 61.2 cm³/mol. The summed E-state index contributed by atoms with van der Waals surface area (Å²) < 4.78 is 36.1. The van der Waals surface area contributed by atoms with Gasteiger partial charge in [-0.15, -0.1) is 0 Å². The quantitative estimate of drug-likeness (QED) is 0.873. The fourth-order valence-electron chi connectivity index (χ4n) is 2.19. The zero-order valence-corrected chi connectivity index (χ0v) is 9.91. The van der Waals surface area contributed by atoms with E-state index in [1.54, 1.807) is 6.07 Å². The Hall–Kier alpha value is -0.740. The van der Waals surface area contributed by atoms with Gasteiger partial charge < -0.3 is 5.32 Å². The largest absolute Gasteiger partial charge is 0.390 e. The standard InChI is InChI=1S/C12H13ClF3N/c13-9-2-3-10-8(7-9)1-4-11(10)17-6-5-12(14,15)16/h2-3,7,11,17H,1,4-6H2. The summed E-state index contributed by atoms with van der Waals surface area (Å²) >= 11 is 5.87. The first kappa shape index (κ1) is 12.7. The molecule has 0 fully saturated rings. The highest BCUT2D eigenvalue weighted by Crippen LogP contribution is 2.33. The molecular formula is C12H13ClF3N. The summed E-state index contributed by atoms with van der Waals surface area (Å²) in [5.41, 5.74) is 2.22. The summed E-state index contributed by atoms with van der Waals surface area (Å²) in [4.78, 5) is 0. The molecule has 0 aliphatic heterocycles. The maximum Gasteiger partial charge on any atom is 0.390 e. The second kappa shape index (κ2) is 4.86. The summed E-state index contributed by atoms with van der Waals surface area (Å²) in [6.45, 7) is -0.0315. The van der Waals surface area contributed by atoms with Crippen LogP contribution < -0.4 is 5.32 Å². The number of benzene rings is 1. The van der Waals surface area contributed by atoms with Crippen LogP contribution in [0, 0.1) is 0 Å². The van der Waals surface area contributed by atoms with E-state index >= 15 is 0 Å². The number of rotatable bonds is 3. The van der Waals surface area contributed by atoms with Gasteiger partial charge in [0, 0.05) is 17.6 Å². The van der Waals surface area contributed by atoms with E-state index in [1.165, 1.54) is 0 Å². The van der Waals surface area contributed by atoms with Crippen LogP contribution in [0.15, 0.2) is 18.2 Å². The third-order valence-electron chi connectivity index (χ3n) is 2.98. The Kier molecular flexibility index (Phi) is 3.64. The van der Waals surface area contributed by atoms with Crippen molar-refractivity contribution < 1.29 is 13.2 Å². The molecule has 5 heteroatoms. The van der Waals surface area contributed by atoms with E-state index in [2.05, 4.69) is 5.32 Å². The first-order valence-corrected chi connectivity index (χ1v) is 5.92. The van der Waals surface area contributed by atoms with Gasteiger partial charge in [-0.1, -0.05) is 17.7 Å². The molecule has 1 aromatic rings. The van der Waals surface area contributed by atoms with Gasteiger partial charge in [-0.3, -0.25) is 0 Å². The number of aryl methyl sites for hydroxylation is 1. The number of nitrogens with one attached hydrogen (secondary N) is 1. The highest BCUT2D eigenvalue weighted by molar-refractivity contribution is 6.30. The third kappa shape index (κ3) is 3.36. The molecule has 1 aromatic carbocycles. The van der Waals surface area contributed by atoms with Crippen LogP contribution in [0.1, 0.15) is 30.0 Å². The minimum Gasteiger partial charge on any atom is -0.310 e. The molecule has 0 spiro atoms. The molecule has 1 aliphatic carbocycles. The van der Waals surface area contributed by atoms with Gasteiger partial charge in [0.1, 0.15) is 0 Å². The van der Waals surface area contributed by atoms with Crippen molar-refractivity contribution in [3.8, 4) is 0 Å². The summed E-state index contributed by atoms with van der Waals surface area (Å²) in [7, 11) is 0. The molecule has 1 nitrogen and oxygen atoms in total. The number of hydrogen-bond donors (Lipinski definition) is 1. The number of alkyl halides is 3. The van der Waals surface area contributed by atoms with Crippen LogP contribution in [-0.2, 0) is 6.42 Å². The molecule has 1 unspecified atom stereocenters. The molecule has 1 atom stereocenters. The van der Waals surface area contributed by atoms with Crippen LogP contribution >= 0.6 is 11.6 Å². The molecule has 0 heterocycles. The number of hydrogen-bond acceptors (Lipinski definition) is 1. The highest BCUT2D eigenvalue weighted by Gasteiger charge is 2.28. The predicted octanol–water partition coefficient (Wildman–Crippen LogP) is 3.87. The number of fused-ring (bicyclic) bond motifs is 1. The lowest BCUT2D eigenvalue weighted by atomic mass is 10.1. The van der Waals surface area contributed by atoms with Crippen molar-refractivity contribution >= 4 is 11.6 Å². The van der Waals surface area contributed by atoms with E-state index in [9.17, 15) is 13.2 Å². The van der Waals surface area contributed by atoms with Crippen LogP contribution in [0.3, 0.4) is 0 Å². The lowest BCUT2D eigenvalue weighted by Crippen LogP contribution is -2.24. The Morgan fingerprint density at radius 1 is 1.35 bits per heavy atom. The van der Waals surface area contributed by atoms with Crippen molar-refractivity contribution in [1.29, 1.82) is 0 Å². The minimum atomic E-state index is -4.09. The molecule has 94 valence electrons. The Morgan fingerprint density at radius 3 is 2.82 bits per heavy atom. The average molecular weight is 264 g/mol. The Labute approximate surface area is 103 Å². The summed E-state index contributed by atoms with van der Waals surface area (Å²) in [6, 6.07) is 5.60. The topological polar surface area (TPSA) is 12.0 Å². The Balaban J connectivity index is 1.94. The molecule has 0 bridgehead atoms. The van der Waals surface area contributed by atoms with Crippen molar-refractivity contribution in [2.45, 2.75) is 31.5 Å². The van der Waals surface area contributed by atoms with Gasteiger partial charge in [0.05, 0.1) is 6.42 Å². The third-order valence-corrected chi connectivity index (χ3v) is 3.22. The molecule has 0 saturated carbocycles. The fraction of sp³-hybridized carbons (Fsp3) is 0.500. The van der Waals surface area contributed by atoms with Crippen molar-refractivity contribution in [3.05, 3.63) is 34.3 Å². The molecule has 17 heavy (non-hydrogen) atoms. The van der Waals surface area contributed by atoms with E-state index in [1.807, 2.05) is 12.1 Å². The minimum absolute atomic E-state index is 0.0315. The van der Waals surface area contributed by atoms with E-state index in [-0.39, 0.29) is 12.6 Å².